The summed E-state index contributed by atoms with van der Waals surface area (Å²) >= 11 is 1.45. The lowest BCUT2D eigenvalue weighted by Crippen LogP contribution is -2.35. The highest BCUT2D eigenvalue weighted by atomic mass is 32.2. The smallest absolute Gasteiger partial charge is 0.233 e. The molecule has 152 valence electrons. The lowest BCUT2D eigenvalue weighted by molar-refractivity contribution is -0.128. The van der Waals surface area contributed by atoms with E-state index in [0.717, 1.165) is 30.2 Å². The van der Waals surface area contributed by atoms with Gasteiger partial charge in [-0.25, -0.2) is 0 Å². The molecular weight excluding hydrogens is 384 g/mol. The molecule has 0 radical (unpaired) electrons. The molecule has 29 heavy (non-hydrogen) atoms. The summed E-state index contributed by atoms with van der Waals surface area (Å²) in [6.45, 7) is 4.46. The fraction of sp³-hybridized carbons (Fsp3) is 0.409. The highest BCUT2D eigenvalue weighted by molar-refractivity contribution is 7.99. The highest BCUT2D eigenvalue weighted by Crippen LogP contribution is 2.30. The number of benzene rings is 1. The molecule has 1 fully saturated rings. The van der Waals surface area contributed by atoms with Crippen molar-refractivity contribution in [3.8, 4) is 11.6 Å². The van der Waals surface area contributed by atoms with Crippen molar-refractivity contribution in [2.24, 2.45) is 5.92 Å². The number of hydrogen-bond donors (Lipinski definition) is 0. The first kappa shape index (κ1) is 19.8. The number of rotatable bonds is 10. The molecule has 1 amide bonds. The molecule has 0 N–H and O–H groups in total. The molecule has 0 unspecified atom stereocenters. The van der Waals surface area contributed by atoms with Gasteiger partial charge in [-0.05, 0) is 42.9 Å². The number of hydrogen-bond acceptors (Lipinski definition) is 5. The van der Waals surface area contributed by atoms with E-state index >= 15 is 0 Å². The molecule has 1 saturated carbocycles. The van der Waals surface area contributed by atoms with Gasteiger partial charge in [0.05, 0.1) is 18.6 Å². The maximum atomic E-state index is 12.8. The van der Waals surface area contributed by atoms with Crippen LogP contribution in [0.5, 0.6) is 0 Å². The maximum Gasteiger partial charge on any atom is 0.233 e. The lowest BCUT2D eigenvalue weighted by Gasteiger charge is -2.21. The molecular formula is C22H26N4O2S. The average Bonchev–Trinajstić information content (AvgIpc) is 3.23. The summed E-state index contributed by atoms with van der Waals surface area (Å²) in [5, 5.41) is 9.44. The van der Waals surface area contributed by atoms with Crippen molar-refractivity contribution < 1.29 is 9.21 Å². The van der Waals surface area contributed by atoms with Crippen molar-refractivity contribution in [1.29, 1.82) is 0 Å². The molecule has 4 rings (SSSR count). The van der Waals surface area contributed by atoms with E-state index in [1.807, 2.05) is 39.8 Å². The number of aromatic nitrogens is 3. The van der Waals surface area contributed by atoms with Gasteiger partial charge in [0, 0.05) is 13.1 Å². The molecule has 0 aliphatic heterocycles. The number of thioether (sulfide) groups is 1. The van der Waals surface area contributed by atoms with E-state index in [4.69, 9.17) is 4.42 Å². The van der Waals surface area contributed by atoms with E-state index in [-0.39, 0.29) is 5.91 Å². The van der Waals surface area contributed by atoms with Crippen LogP contribution in [-0.4, -0.2) is 44.4 Å². The van der Waals surface area contributed by atoms with Crippen LogP contribution in [0.1, 0.15) is 31.7 Å². The monoisotopic (exact) mass is 410 g/mol. The Labute approximate surface area is 175 Å². The van der Waals surface area contributed by atoms with Crippen molar-refractivity contribution in [3.63, 3.8) is 0 Å². The summed E-state index contributed by atoms with van der Waals surface area (Å²) in [4.78, 5) is 14.8. The van der Waals surface area contributed by atoms with E-state index < -0.39 is 0 Å². The largest absolute Gasteiger partial charge is 0.461 e. The Morgan fingerprint density at radius 2 is 2.03 bits per heavy atom. The quantitative estimate of drug-likeness (QED) is 0.466. The third-order valence-corrected chi connectivity index (χ3v) is 5.94. The second kappa shape index (κ2) is 9.31. The fourth-order valence-electron chi connectivity index (χ4n) is 3.31. The minimum Gasteiger partial charge on any atom is -0.461 e. The summed E-state index contributed by atoms with van der Waals surface area (Å²) < 4.78 is 7.57. The zero-order valence-corrected chi connectivity index (χ0v) is 17.5. The van der Waals surface area contributed by atoms with Crippen molar-refractivity contribution in [2.75, 3.05) is 18.8 Å². The number of carbonyl (C=O) groups is 1. The summed E-state index contributed by atoms with van der Waals surface area (Å²) in [6, 6.07) is 13.9. The standard InChI is InChI=1S/C22H26N4O2S/c1-2-12-25(14-18-10-11-18)20(27)16-29-22-24-23-21(19-9-6-13-28-19)26(22)15-17-7-4-3-5-8-17/h3-9,13,18H,2,10-12,14-16H2,1H3. The molecule has 0 saturated heterocycles. The summed E-state index contributed by atoms with van der Waals surface area (Å²) in [6.07, 6.45) is 5.11. The normalized spacial score (nSPS) is 13.6. The van der Waals surface area contributed by atoms with Crippen LogP contribution in [0.3, 0.4) is 0 Å². The number of amides is 1. The van der Waals surface area contributed by atoms with E-state index in [1.54, 1.807) is 6.26 Å². The van der Waals surface area contributed by atoms with Crippen LogP contribution in [0.25, 0.3) is 11.6 Å². The van der Waals surface area contributed by atoms with Gasteiger partial charge in [0.2, 0.25) is 11.7 Å². The summed E-state index contributed by atoms with van der Waals surface area (Å²) in [5.74, 6) is 2.60. The van der Waals surface area contributed by atoms with Crippen molar-refractivity contribution in [3.05, 3.63) is 54.3 Å². The molecule has 0 atom stereocenters. The predicted octanol–water partition coefficient (Wildman–Crippen LogP) is 4.33. The third-order valence-electron chi connectivity index (χ3n) is 4.99. The Morgan fingerprint density at radius 1 is 1.21 bits per heavy atom. The van der Waals surface area contributed by atoms with Gasteiger partial charge in [0.25, 0.3) is 0 Å². The van der Waals surface area contributed by atoms with Crippen LogP contribution < -0.4 is 0 Å². The van der Waals surface area contributed by atoms with Crippen LogP contribution in [0.2, 0.25) is 0 Å². The van der Waals surface area contributed by atoms with Crippen LogP contribution in [0, 0.1) is 5.92 Å². The Hall–Kier alpha value is -2.54. The predicted molar refractivity (Wildman–Crippen MR) is 114 cm³/mol. The molecule has 2 heterocycles. The molecule has 1 aliphatic carbocycles. The molecule has 6 nitrogen and oxygen atoms in total. The molecule has 0 spiro atoms. The van der Waals surface area contributed by atoms with Crippen LogP contribution in [0.15, 0.2) is 58.3 Å². The van der Waals surface area contributed by atoms with E-state index in [0.29, 0.717) is 29.8 Å². The number of carbonyl (C=O) groups excluding carboxylic acids is 1. The van der Waals surface area contributed by atoms with Crippen LogP contribution >= 0.6 is 11.8 Å². The Bertz CT molecular complexity index is 920. The second-order valence-corrected chi connectivity index (χ2v) is 8.37. The SMILES string of the molecule is CCCN(CC1CC1)C(=O)CSc1nnc(-c2ccco2)n1Cc1ccccc1. The van der Waals surface area contributed by atoms with Crippen LogP contribution in [-0.2, 0) is 11.3 Å². The molecule has 1 aliphatic rings. The minimum atomic E-state index is 0.178. The van der Waals surface area contributed by atoms with E-state index in [1.165, 1.54) is 24.6 Å². The highest BCUT2D eigenvalue weighted by Gasteiger charge is 2.27. The van der Waals surface area contributed by atoms with Crippen LogP contribution in [0.4, 0.5) is 0 Å². The van der Waals surface area contributed by atoms with E-state index in [9.17, 15) is 4.79 Å². The van der Waals surface area contributed by atoms with Gasteiger partial charge in [-0.2, -0.15) is 0 Å². The third kappa shape index (κ3) is 5.09. The molecule has 3 aromatic rings. The van der Waals surface area contributed by atoms with E-state index in [2.05, 4.69) is 29.3 Å². The zero-order chi connectivity index (χ0) is 20.1. The molecule has 1 aromatic carbocycles. The Balaban J connectivity index is 1.51. The first-order chi connectivity index (χ1) is 14.2. The lowest BCUT2D eigenvalue weighted by atomic mass is 10.2. The van der Waals surface area contributed by atoms with Crippen molar-refractivity contribution in [1.82, 2.24) is 19.7 Å². The van der Waals surface area contributed by atoms with Gasteiger partial charge >= 0.3 is 0 Å². The maximum absolute atomic E-state index is 12.8. The molecule has 2 aromatic heterocycles. The number of furan rings is 1. The summed E-state index contributed by atoms with van der Waals surface area (Å²) in [5.41, 5.74) is 1.15. The Morgan fingerprint density at radius 3 is 2.72 bits per heavy atom. The average molecular weight is 411 g/mol. The first-order valence-corrected chi connectivity index (χ1v) is 11.1. The Kier molecular flexibility index (Phi) is 6.34. The second-order valence-electron chi connectivity index (χ2n) is 7.43. The first-order valence-electron chi connectivity index (χ1n) is 10.2. The number of nitrogens with zero attached hydrogens (tertiary/aromatic N) is 4. The van der Waals surface area contributed by atoms with Crippen molar-refractivity contribution in [2.45, 2.75) is 37.9 Å². The molecule has 7 heteroatoms. The zero-order valence-electron chi connectivity index (χ0n) is 16.7. The van der Waals surface area contributed by atoms with Gasteiger partial charge in [-0.15, -0.1) is 10.2 Å². The van der Waals surface area contributed by atoms with Gasteiger partial charge < -0.3 is 9.32 Å². The fourth-order valence-corrected chi connectivity index (χ4v) is 4.15. The van der Waals surface area contributed by atoms with Gasteiger partial charge in [0.15, 0.2) is 10.9 Å². The minimum absolute atomic E-state index is 0.178. The van der Waals surface area contributed by atoms with Gasteiger partial charge in [-0.1, -0.05) is 49.0 Å². The molecule has 0 bridgehead atoms. The van der Waals surface area contributed by atoms with Gasteiger partial charge in [0.1, 0.15) is 0 Å². The topological polar surface area (TPSA) is 64.2 Å². The summed E-state index contributed by atoms with van der Waals surface area (Å²) in [7, 11) is 0. The van der Waals surface area contributed by atoms with Gasteiger partial charge in [-0.3, -0.25) is 9.36 Å². The van der Waals surface area contributed by atoms with Crippen molar-refractivity contribution >= 4 is 17.7 Å².